The fourth-order valence-electron chi connectivity index (χ4n) is 2.97. The van der Waals surface area contributed by atoms with Crippen LogP contribution in [0.15, 0.2) is 0 Å². The van der Waals surface area contributed by atoms with E-state index in [9.17, 15) is 18.0 Å². The third kappa shape index (κ3) is 5.16. The van der Waals surface area contributed by atoms with Crippen LogP contribution in [-0.4, -0.2) is 29.8 Å². The van der Waals surface area contributed by atoms with Gasteiger partial charge in [-0.2, -0.15) is 13.2 Å². The fourth-order valence-corrected chi connectivity index (χ4v) is 2.97. The molecular weight excluding hydrogens is 283 g/mol. The second kappa shape index (κ2) is 6.99. The third-order valence-corrected chi connectivity index (χ3v) is 4.30. The molecule has 0 bridgehead atoms. The summed E-state index contributed by atoms with van der Waals surface area (Å²) in [6, 6.07) is -0.328. The Morgan fingerprint density at radius 3 is 2.29 bits per heavy atom. The molecule has 0 spiro atoms. The Morgan fingerprint density at radius 2 is 1.81 bits per heavy atom. The summed E-state index contributed by atoms with van der Waals surface area (Å²) >= 11 is 0. The first-order chi connectivity index (χ1) is 9.57. The molecule has 1 fully saturated rings. The summed E-state index contributed by atoms with van der Waals surface area (Å²) < 4.78 is 39.2. The minimum Gasteiger partial charge on any atom is -0.396 e. The van der Waals surface area contributed by atoms with Crippen LogP contribution < -0.4 is 5.32 Å². The molecule has 0 saturated heterocycles. The van der Waals surface area contributed by atoms with E-state index in [1.165, 1.54) is 0 Å². The highest BCUT2D eigenvalue weighted by Gasteiger charge is 2.48. The minimum atomic E-state index is -4.32. The molecule has 0 aromatic carbocycles. The second-order valence-electron chi connectivity index (χ2n) is 6.98. The standard InChI is InChI=1S/C15H26F3NO2/c1-14(2,3)12(8-9-20)19-13(21)10-6-4-5-7-11(10)15(16,17)18/h10-12,20H,4-9H2,1-3H3,(H,19,21). The van der Waals surface area contributed by atoms with Gasteiger partial charge in [0.25, 0.3) is 0 Å². The predicted octanol–water partition coefficient (Wildman–Crippen LogP) is 3.27. The number of carbonyl (C=O) groups is 1. The number of rotatable bonds is 4. The molecule has 3 nitrogen and oxygen atoms in total. The Bertz CT molecular complexity index is 350. The van der Waals surface area contributed by atoms with E-state index in [4.69, 9.17) is 5.11 Å². The van der Waals surface area contributed by atoms with Crippen molar-refractivity contribution >= 4 is 5.91 Å². The van der Waals surface area contributed by atoms with Crippen molar-refractivity contribution in [3.8, 4) is 0 Å². The maximum absolute atomic E-state index is 13.1. The first kappa shape index (κ1) is 18.3. The van der Waals surface area contributed by atoms with Gasteiger partial charge in [-0.25, -0.2) is 0 Å². The summed E-state index contributed by atoms with van der Waals surface area (Å²) in [5, 5.41) is 11.8. The molecule has 0 radical (unpaired) electrons. The molecule has 0 aliphatic heterocycles. The molecule has 1 amide bonds. The number of nitrogens with one attached hydrogen (secondary N) is 1. The van der Waals surface area contributed by atoms with Crippen molar-refractivity contribution in [2.45, 2.75) is 65.1 Å². The van der Waals surface area contributed by atoms with E-state index in [0.717, 1.165) is 0 Å². The molecule has 124 valence electrons. The molecule has 3 unspecified atom stereocenters. The zero-order valence-electron chi connectivity index (χ0n) is 13.0. The molecule has 0 heterocycles. The smallest absolute Gasteiger partial charge is 0.392 e. The molecule has 0 aromatic heterocycles. The Morgan fingerprint density at radius 1 is 1.24 bits per heavy atom. The Labute approximate surface area is 124 Å². The number of carbonyl (C=O) groups excluding carboxylic acids is 1. The van der Waals surface area contributed by atoms with Gasteiger partial charge in [0.15, 0.2) is 0 Å². The monoisotopic (exact) mass is 309 g/mol. The molecule has 6 heteroatoms. The molecule has 3 atom stereocenters. The van der Waals surface area contributed by atoms with Crippen molar-refractivity contribution in [2.24, 2.45) is 17.3 Å². The fraction of sp³-hybridized carbons (Fsp3) is 0.933. The summed E-state index contributed by atoms with van der Waals surface area (Å²) in [4.78, 5) is 12.3. The van der Waals surface area contributed by atoms with Crippen LogP contribution in [0.25, 0.3) is 0 Å². The number of halogens is 3. The van der Waals surface area contributed by atoms with Gasteiger partial charge in [-0.3, -0.25) is 4.79 Å². The predicted molar refractivity (Wildman–Crippen MR) is 74.6 cm³/mol. The highest BCUT2D eigenvalue weighted by molar-refractivity contribution is 5.79. The van der Waals surface area contributed by atoms with Crippen LogP contribution in [0.3, 0.4) is 0 Å². The van der Waals surface area contributed by atoms with E-state index < -0.39 is 23.9 Å². The molecule has 2 N–H and O–H groups in total. The van der Waals surface area contributed by atoms with Gasteiger partial charge in [0, 0.05) is 18.6 Å². The number of alkyl halides is 3. The van der Waals surface area contributed by atoms with Crippen molar-refractivity contribution in [2.75, 3.05) is 6.61 Å². The average molecular weight is 309 g/mol. The van der Waals surface area contributed by atoms with Gasteiger partial charge in [0.2, 0.25) is 5.91 Å². The zero-order valence-corrected chi connectivity index (χ0v) is 13.0. The van der Waals surface area contributed by atoms with Crippen LogP contribution >= 0.6 is 0 Å². The molecular formula is C15H26F3NO2. The highest BCUT2D eigenvalue weighted by Crippen LogP contribution is 2.41. The third-order valence-electron chi connectivity index (χ3n) is 4.30. The summed E-state index contributed by atoms with van der Waals surface area (Å²) in [5.74, 6) is -3.06. The number of aliphatic hydroxyl groups is 1. The van der Waals surface area contributed by atoms with Crippen LogP contribution in [0.2, 0.25) is 0 Å². The average Bonchev–Trinajstić information content (AvgIpc) is 2.36. The molecule has 1 aliphatic rings. The molecule has 21 heavy (non-hydrogen) atoms. The van der Waals surface area contributed by atoms with E-state index in [0.29, 0.717) is 19.3 Å². The Kier molecular flexibility index (Phi) is 6.08. The number of hydrogen-bond donors (Lipinski definition) is 2. The molecule has 1 aliphatic carbocycles. The lowest BCUT2D eigenvalue weighted by Crippen LogP contribution is -2.50. The van der Waals surface area contributed by atoms with Crippen molar-refractivity contribution < 1.29 is 23.1 Å². The van der Waals surface area contributed by atoms with Crippen LogP contribution in [0, 0.1) is 17.3 Å². The quantitative estimate of drug-likeness (QED) is 0.837. The Balaban J connectivity index is 2.79. The van der Waals surface area contributed by atoms with Crippen molar-refractivity contribution in [1.29, 1.82) is 0 Å². The normalized spacial score (nSPS) is 25.5. The summed E-state index contributed by atoms with van der Waals surface area (Å²) in [7, 11) is 0. The van der Waals surface area contributed by atoms with Gasteiger partial charge in [0.05, 0.1) is 5.92 Å². The van der Waals surface area contributed by atoms with E-state index in [2.05, 4.69) is 5.32 Å². The van der Waals surface area contributed by atoms with Crippen LogP contribution in [0.1, 0.15) is 52.9 Å². The lowest BCUT2D eigenvalue weighted by atomic mass is 9.77. The van der Waals surface area contributed by atoms with Crippen molar-refractivity contribution in [1.82, 2.24) is 5.32 Å². The summed E-state index contributed by atoms with van der Waals surface area (Å²) in [5.41, 5.74) is -0.305. The summed E-state index contributed by atoms with van der Waals surface area (Å²) in [6.45, 7) is 5.59. The van der Waals surface area contributed by atoms with E-state index in [1.54, 1.807) is 0 Å². The molecule has 0 aromatic rings. The Hall–Kier alpha value is -0.780. The SMILES string of the molecule is CC(C)(C)C(CCO)NC(=O)C1CCCCC1C(F)(F)F. The summed E-state index contributed by atoms with van der Waals surface area (Å²) in [6.07, 6.45) is -2.48. The lowest BCUT2D eigenvalue weighted by molar-refractivity contribution is -0.198. The first-order valence-corrected chi connectivity index (χ1v) is 7.55. The largest absolute Gasteiger partial charge is 0.396 e. The van der Waals surface area contributed by atoms with Gasteiger partial charge in [-0.1, -0.05) is 33.6 Å². The maximum Gasteiger partial charge on any atom is 0.392 e. The van der Waals surface area contributed by atoms with Crippen molar-refractivity contribution in [3.05, 3.63) is 0 Å². The number of amides is 1. The number of aliphatic hydroxyl groups excluding tert-OH is 1. The van der Waals surface area contributed by atoms with Crippen LogP contribution in [0.4, 0.5) is 13.2 Å². The minimum absolute atomic E-state index is 0.0295. The molecule has 1 rings (SSSR count). The van der Waals surface area contributed by atoms with E-state index in [-0.39, 0.29) is 30.9 Å². The number of hydrogen-bond acceptors (Lipinski definition) is 2. The topological polar surface area (TPSA) is 49.3 Å². The zero-order chi connectivity index (χ0) is 16.3. The molecule has 1 saturated carbocycles. The van der Waals surface area contributed by atoms with Crippen molar-refractivity contribution in [3.63, 3.8) is 0 Å². The van der Waals surface area contributed by atoms with E-state index in [1.807, 2.05) is 20.8 Å². The first-order valence-electron chi connectivity index (χ1n) is 7.55. The van der Waals surface area contributed by atoms with Gasteiger partial charge < -0.3 is 10.4 Å². The van der Waals surface area contributed by atoms with Gasteiger partial charge >= 0.3 is 6.18 Å². The van der Waals surface area contributed by atoms with Gasteiger partial charge in [-0.05, 0) is 24.7 Å². The second-order valence-corrected chi connectivity index (χ2v) is 6.98. The van der Waals surface area contributed by atoms with Crippen LogP contribution in [0.5, 0.6) is 0 Å². The van der Waals surface area contributed by atoms with E-state index >= 15 is 0 Å². The van der Waals surface area contributed by atoms with Gasteiger partial charge in [-0.15, -0.1) is 0 Å². The van der Waals surface area contributed by atoms with Crippen LogP contribution in [-0.2, 0) is 4.79 Å². The highest BCUT2D eigenvalue weighted by atomic mass is 19.4. The maximum atomic E-state index is 13.1. The lowest BCUT2D eigenvalue weighted by Gasteiger charge is -2.36. The van der Waals surface area contributed by atoms with Gasteiger partial charge in [0.1, 0.15) is 0 Å².